The maximum atomic E-state index is 12.7. The molecule has 3 rings (SSSR count). The Morgan fingerprint density at radius 3 is 2.45 bits per heavy atom. The lowest BCUT2D eigenvalue weighted by molar-refractivity contribution is -0.137. The Hall–Kier alpha value is -3.95. The normalized spacial score (nSPS) is 11.6. The van der Waals surface area contributed by atoms with E-state index < -0.39 is 23.6 Å². The van der Waals surface area contributed by atoms with Crippen LogP contribution in [0.5, 0.6) is 0 Å². The number of amides is 2. The Kier molecular flexibility index (Phi) is 6.19. The number of nitrogens with zero attached hydrogens (tertiary/aromatic N) is 2. The highest BCUT2D eigenvalue weighted by molar-refractivity contribution is 6.05. The largest absolute Gasteiger partial charge is 0.416 e. The number of aromatic nitrogens is 2. The van der Waals surface area contributed by atoms with Crippen molar-refractivity contribution in [3.05, 3.63) is 81.8 Å². The Balaban J connectivity index is 1.73. The summed E-state index contributed by atoms with van der Waals surface area (Å²) in [6.07, 6.45) is -2.33. The standard InChI is InChI=1S/C21H17F3N4O3/c1-2-28-20(31)16-9-4-3-8-15(16)18(27-28)19(30)26-25-17(29)11-10-13-6-5-7-14(12-13)21(22,23)24/h3-12H,2H2,1H3,(H,25,29)(H,26,30)/b11-10+. The molecule has 10 heteroatoms. The summed E-state index contributed by atoms with van der Waals surface area (Å²) in [4.78, 5) is 36.8. The van der Waals surface area contributed by atoms with Crippen molar-refractivity contribution in [2.75, 3.05) is 0 Å². The Bertz CT molecular complexity index is 1230. The van der Waals surface area contributed by atoms with Gasteiger partial charge in [0, 0.05) is 18.0 Å². The first kappa shape index (κ1) is 21.8. The minimum Gasteiger partial charge on any atom is -0.268 e. The molecule has 2 aromatic carbocycles. The van der Waals surface area contributed by atoms with Gasteiger partial charge in [-0.1, -0.05) is 30.3 Å². The molecule has 160 valence electrons. The molecule has 2 N–H and O–H groups in total. The van der Waals surface area contributed by atoms with Gasteiger partial charge < -0.3 is 0 Å². The zero-order valence-electron chi connectivity index (χ0n) is 16.2. The van der Waals surface area contributed by atoms with Crippen LogP contribution >= 0.6 is 0 Å². The summed E-state index contributed by atoms with van der Waals surface area (Å²) >= 11 is 0. The molecule has 0 spiro atoms. The van der Waals surface area contributed by atoms with Gasteiger partial charge in [0.2, 0.25) is 0 Å². The third kappa shape index (κ3) is 4.97. The number of carbonyl (C=O) groups excluding carboxylic acids is 2. The van der Waals surface area contributed by atoms with Crippen molar-refractivity contribution in [1.82, 2.24) is 20.6 Å². The second-order valence-corrected chi connectivity index (χ2v) is 6.42. The fourth-order valence-electron chi connectivity index (χ4n) is 2.83. The van der Waals surface area contributed by atoms with Crippen LogP contribution in [0.3, 0.4) is 0 Å². The average molecular weight is 430 g/mol. The number of alkyl halides is 3. The number of hydrogen-bond donors (Lipinski definition) is 2. The van der Waals surface area contributed by atoms with Gasteiger partial charge in [-0.3, -0.25) is 25.2 Å². The average Bonchev–Trinajstić information content (AvgIpc) is 2.76. The number of nitrogens with one attached hydrogen (secondary N) is 2. The molecular formula is C21H17F3N4O3. The van der Waals surface area contributed by atoms with Crippen molar-refractivity contribution in [2.24, 2.45) is 0 Å². The van der Waals surface area contributed by atoms with Gasteiger partial charge in [-0.05, 0) is 36.8 Å². The number of rotatable bonds is 4. The van der Waals surface area contributed by atoms with Gasteiger partial charge in [0.05, 0.1) is 10.9 Å². The van der Waals surface area contributed by atoms with E-state index in [9.17, 15) is 27.6 Å². The second-order valence-electron chi connectivity index (χ2n) is 6.42. The highest BCUT2D eigenvalue weighted by atomic mass is 19.4. The van der Waals surface area contributed by atoms with E-state index in [1.165, 1.54) is 18.2 Å². The Morgan fingerprint density at radius 2 is 1.77 bits per heavy atom. The summed E-state index contributed by atoms with van der Waals surface area (Å²) in [6.45, 7) is 1.95. The molecule has 0 saturated heterocycles. The molecule has 0 aliphatic carbocycles. The van der Waals surface area contributed by atoms with Crippen molar-refractivity contribution in [2.45, 2.75) is 19.6 Å². The van der Waals surface area contributed by atoms with Gasteiger partial charge in [-0.25, -0.2) is 4.68 Å². The third-order valence-corrected chi connectivity index (χ3v) is 4.32. The number of benzene rings is 2. The Morgan fingerprint density at radius 1 is 1.06 bits per heavy atom. The monoisotopic (exact) mass is 430 g/mol. The van der Waals surface area contributed by atoms with Crippen LogP contribution in [-0.2, 0) is 17.5 Å². The first-order valence-corrected chi connectivity index (χ1v) is 9.16. The van der Waals surface area contributed by atoms with Crippen LogP contribution in [0.4, 0.5) is 13.2 Å². The molecule has 3 aromatic rings. The molecule has 0 aliphatic heterocycles. The predicted octanol–water partition coefficient (Wildman–Crippen LogP) is 2.91. The molecule has 0 aliphatic rings. The van der Waals surface area contributed by atoms with Gasteiger partial charge in [0.1, 0.15) is 0 Å². The summed E-state index contributed by atoms with van der Waals surface area (Å²) in [5.41, 5.74) is 3.25. The lowest BCUT2D eigenvalue weighted by atomic mass is 10.1. The van der Waals surface area contributed by atoms with E-state index >= 15 is 0 Å². The number of carbonyl (C=O) groups is 2. The van der Waals surface area contributed by atoms with Gasteiger partial charge in [0.25, 0.3) is 17.4 Å². The van der Waals surface area contributed by atoms with Gasteiger partial charge in [0.15, 0.2) is 5.69 Å². The summed E-state index contributed by atoms with van der Waals surface area (Å²) in [7, 11) is 0. The molecule has 1 heterocycles. The zero-order chi connectivity index (χ0) is 22.6. The van der Waals surface area contributed by atoms with Crippen LogP contribution in [-0.4, -0.2) is 21.6 Å². The van der Waals surface area contributed by atoms with Gasteiger partial charge in [-0.2, -0.15) is 18.3 Å². The lowest BCUT2D eigenvalue weighted by Gasteiger charge is -2.10. The smallest absolute Gasteiger partial charge is 0.268 e. The van der Waals surface area contributed by atoms with Gasteiger partial charge >= 0.3 is 6.18 Å². The number of halogens is 3. The summed E-state index contributed by atoms with van der Waals surface area (Å²) in [6, 6.07) is 10.9. The molecule has 0 radical (unpaired) electrons. The number of hydrogen-bond acceptors (Lipinski definition) is 4. The van der Waals surface area contributed by atoms with Crippen LogP contribution in [0, 0.1) is 0 Å². The van der Waals surface area contributed by atoms with Crippen LogP contribution < -0.4 is 16.4 Å². The molecular weight excluding hydrogens is 413 g/mol. The minimum absolute atomic E-state index is 0.0563. The highest BCUT2D eigenvalue weighted by Crippen LogP contribution is 2.29. The number of fused-ring (bicyclic) bond motifs is 1. The zero-order valence-corrected chi connectivity index (χ0v) is 16.2. The van der Waals surface area contributed by atoms with E-state index in [1.54, 1.807) is 31.2 Å². The minimum atomic E-state index is -4.50. The fourth-order valence-corrected chi connectivity index (χ4v) is 2.83. The second kappa shape index (κ2) is 8.82. The SMILES string of the molecule is CCn1nc(C(=O)NNC(=O)/C=C/c2cccc(C(F)(F)F)c2)c2ccccc2c1=O. The molecule has 0 fully saturated rings. The lowest BCUT2D eigenvalue weighted by Crippen LogP contribution is -2.42. The quantitative estimate of drug-likeness (QED) is 0.492. The molecule has 7 nitrogen and oxygen atoms in total. The van der Waals surface area contributed by atoms with Crippen molar-refractivity contribution in [1.29, 1.82) is 0 Å². The Labute approximate surface area is 174 Å². The maximum absolute atomic E-state index is 12.7. The van der Waals surface area contributed by atoms with Crippen LogP contribution in [0.1, 0.15) is 28.5 Å². The summed E-state index contributed by atoms with van der Waals surface area (Å²) < 4.78 is 39.4. The van der Waals surface area contributed by atoms with Crippen molar-refractivity contribution >= 4 is 28.7 Å². The van der Waals surface area contributed by atoms with E-state index in [2.05, 4.69) is 16.0 Å². The van der Waals surface area contributed by atoms with Crippen LogP contribution in [0.2, 0.25) is 0 Å². The number of aryl methyl sites for hydroxylation is 1. The molecule has 0 saturated carbocycles. The van der Waals surface area contributed by atoms with Crippen molar-refractivity contribution in [3.8, 4) is 0 Å². The van der Waals surface area contributed by atoms with E-state index in [0.717, 1.165) is 22.9 Å². The highest BCUT2D eigenvalue weighted by Gasteiger charge is 2.30. The predicted molar refractivity (Wildman–Crippen MR) is 108 cm³/mol. The third-order valence-electron chi connectivity index (χ3n) is 4.32. The van der Waals surface area contributed by atoms with Gasteiger partial charge in [-0.15, -0.1) is 0 Å². The van der Waals surface area contributed by atoms with Crippen molar-refractivity contribution in [3.63, 3.8) is 0 Å². The number of hydrazine groups is 1. The van der Waals surface area contributed by atoms with Crippen LogP contribution in [0.15, 0.2) is 59.4 Å². The molecule has 0 atom stereocenters. The van der Waals surface area contributed by atoms with E-state index in [0.29, 0.717) is 10.8 Å². The summed E-state index contributed by atoms with van der Waals surface area (Å²) in [5, 5.41) is 4.67. The molecule has 0 unspecified atom stereocenters. The van der Waals surface area contributed by atoms with E-state index in [4.69, 9.17) is 0 Å². The molecule has 2 amide bonds. The van der Waals surface area contributed by atoms with Crippen molar-refractivity contribution < 1.29 is 22.8 Å². The van der Waals surface area contributed by atoms with E-state index in [-0.39, 0.29) is 23.4 Å². The molecule has 0 bridgehead atoms. The fraction of sp³-hybridized carbons (Fsp3) is 0.143. The maximum Gasteiger partial charge on any atom is 0.416 e. The first-order valence-electron chi connectivity index (χ1n) is 9.16. The van der Waals surface area contributed by atoms with Crippen LogP contribution in [0.25, 0.3) is 16.8 Å². The first-order chi connectivity index (χ1) is 14.7. The molecule has 31 heavy (non-hydrogen) atoms. The summed E-state index contributed by atoms with van der Waals surface area (Å²) in [5.74, 6) is -1.52. The molecule has 1 aromatic heterocycles. The van der Waals surface area contributed by atoms with E-state index in [1.807, 2.05) is 0 Å². The topological polar surface area (TPSA) is 93.1 Å².